The molecule has 0 saturated carbocycles. The van der Waals surface area contributed by atoms with Gasteiger partial charge in [-0.3, -0.25) is 4.79 Å². The van der Waals surface area contributed by atoms with Gasteiger partial charge in [0.15, 0.2) is 5.78 Å². The van der Waals surface area contributed by atoms with Gasteiger partial charge < -0.3 is 5.11 Å². The Hall–Kier alpha value is -0.990. The van der Waals surface area contributed by atoms with E-state index in [-0.39, 0.29) is 22.0 Å². The summed E-state index contributed by atoms with van der Waals surface area (Å²) in [5, 5.41) is 10.5. The number of hydrogen-bond donors (Lipinski definition) is 1. The van der Waals surface area contributed by atoms with Crippen molar-refractivity contribution in [3.8, 4) is 5.75 Å². The molecule has 0 spiro atoms. The van der Waals surface area contributed by atoms with Gasteiger partial charge in [-0.25, -0.2) is 0 Å². The van der Waals surface area contributed by atoms with Crippen LogP contribution in [0.15, 0.2) is 12.1 Å². The molecule has 1 N–H and O–H groups in total. The Morgan fingerprint density at radius 1 is 1.33 bits per heavy atom. The maximum absolute atomic E-state index is 11.9. The molecule has 0 aliphatic heterocycles. The number of aromatic hydroxyl groups is 1. The third-order valence-corrected chi connectivity index (χ3v) is 5.45. The predicted molar refractivity (Wildman–Crippen MR) is 85.9 cm³/mol. The molecule has 4 heteroatoms. The van der Waals surface area contributed by atoms with Crippen molar-refractivity contribution >= 4 is 34.6 Å². The van der Waals surface area contributed by atoms with Crippen LogP contribution in [0, 0.1) is 11.3 Å². The van der Waals surface area contributed by atoms with E-state index in [1.165, 1.54) is 0 Å². The highest BCUT2D eigenvalue weighted by Gasteiger charge is 2.45. The van der Waals surface area contributed by atoms with E-state index in [4.69, 9.17) is 23.2 Å². The number of phenols is 1. The van der Waals surface area contributed by atoms with E-state index in [1.54, 1.807) is 12.1 Å². The molecule has 21 heavy (non-hydrogen) atoms. The zero-order valence-electron chi connectivity index (χ0n) is 12.2. The summed E-state index contributed by atoms with van der Waals surface area (Å²) in [7, 11) is 0. The minimum atomic E-state index is -0.0365. The monoisotopic (exact) mass is 324 g/mol. The van der Waals surface area contributed by atoms with E-state index in [9.17, 15) is 9.90 Å². The van der Waals surface area contributed by atoms with Gasteiger partial charge in [-0.15, -0.1) is 0 Å². The normalized spacial score (nSPS) is 24.0. The van der Waals surface area contributed by atoms with Crippen LogP contribution in [0.3, 0.4) is 0 Å². The Labute approximate surface area is 134 Å². The maximum atomic E-state index is 11.9. The average Bonchev–Trinajstić information content (AvgIpc) is 2.69. The highest BCUT2D eigenvalue weighted by Crippen LogP contribution is 2.58. The van der Waals surface area contributed by atoms with E-state index in [2.05, 4.69) is 13.8 Å². The van der Waals surface area contributed by atoms with Crippen molar-refractivity contribution in [3.63, 3.8) is 0 Å². The van der Waals surface area contributed by atoms with Crippen molar-refractivity contribution in [1.29, 1.82) is 0 Å². The lowest BCUT2D eigenvalue weighted by atomic mass is 9.68. The lowest BCUT2D eigenvalue weighted by Crippen LogP contribution is -2.27. The first kappa shape index (κ1) is 14.9. The van der Waals surface area contributed by atoms with Gasteiger partial charge in [-0.1, -0.05) is 37.0 Å². The molecule has 1 aromatic rings. The Bertz CT molecular complexity index is 661. The van der Waals surface area contributed by atoms with Gasteiger partial charge in [0.05, 0.1) is 5.02 Å². The van der Waals surface area contributed by atoms with Gasteiger partial charge in [0, 0.05) is 17.4 Å². The second kappa shape index (κ2) is 5.03. The first-order chi connectivity index (χ1) is 9.84. The van der Waals surface area contributed by atoms with Crippen LogP contribution in [-0.4, -0.2) is 10.9 Å². The SMILES string of the molecule is CC(C)CC12CCC(=O)C=C1c1c(cc(O)c(Cl)c1Cl)C2. The van der Waals surface area contributed by atoms with Gasteiger partial charge in [0.1, 0.15) is 10.8 Å². The summed E-state index contributed by atoms with van der Waals surface area (Å²) in [4.78, 5) is 11.9. The van der Waals surface area contributed by atoms with Crippen LogP contribution in [0.25, 0.3) is 5.57 Å². The standard InChI is InChI=1S/C17H18Cl2O2/c1-9(2)7-17-4-3-11(20)6-12(17)14-10(8-17)5-13(21)15(18)16(14)19/h5-6,9,21H,3-4,7-8H2,1-2H3. The number of hydrogen-bond acceptors (Lipinski definition) is 2. The van der Waals surface area contributed by atoms with Crippen molar-refractivity contribution in [2.45, 2.75) is 39.5 Å². The highest BCUT2D eigenvalue weighted by molar-refractivity contribution is 6.44. The molecular weight excluding hydrogens is 307 g/mol. The molecule has 2 aliphatic rings. The summed E-state index contributed by atoms with van der Waals surface area (Å²) in [5.74, 6) is 0.696. The lowest BCUT2D eigenvalue weighted by molar-refractivity contribution is -0.115. The summed E-state index contributed by atoms with van der Waals surface area (Å²) in [6.45, 7) is 4.38. The van der Waals surface area contributed by atoms with Gasteiger partial charge in [-0.2, -0.15) is 0 Å². The Kier molecular flexibility index (Phi) is 3.58. The number of rotatable bonds is 2. The molecule has 0 amide bonds. The summed E-state index contributed by atoms with van der Waals surface area (Å²) < 4.78 is 0. The van der Waals surface area contributed by atoms with Crippen molar-refractivity contribution in [2.75, 3.05) is 0 Å². The fourth-order valence-electron chi connectivity index (χ4n) is 3.93. The van der Waals surface area contributed by atoms with Crippen LogP contribution in [0.1, 0.15) is 44.2 Å². The van der Waals surface area contributed by atoms with Crippen LogP contribution in [0.4, 0.5) is 0 Å². The Balaban J connectivity index is 2.21. The fourth-order valence-corrected chi connectivity index (χ4v) is 4.40. The van der Waals surface area contributed by atoms with Crippen LogP contribution >= 0.6 is 23.2 Å². The molecule has 2 nitrogen and oxygen atoms in total. The quantitative estimate of drug-likeness (QED) is 0.827. The topological polar surface area (TPSA) is 37.3 Å². The smallest absolute Gasteiger partial charge is 0.156 e. The molecule has 1 unspecified atom stereocenters. The first-order valence-electron chi connectivity index (χ1n) is 7.29. The average molecular weight is 325 g/mol. The molecule has 2 aliphatic carbocycles. The molecule has 0 aromatic heterocycles. The summed E-state index contributed by atoms with van der Waals surface area (Å²) in [6.07, 6.45) is 5.01. The third kappa shape index (κ3) is 2.29. The minimum Gasteiger partial charge on any atom is -0.506 e. The molecule has 0 saturated heterocycles. The number of carbonyl (C=O) groups is 1. The molecule has 0 bridgehead atoms. The molecule has 0 heterocycles. The maximum Gasteiger partial charge on any atom is 0.156 e. The highest BCUT2D eigenvalue weighted by atomic mass is 35.5. The number of benzene rings is 1. The molecule has 112 valence electrons. The molecule has 1 atom stereocenters. The second-order valence-electron chi connectivity index (χ2n) is 6.64. The summed E-state index contributed by atoms with van der Waals surface area (Å²) in [5.41, 5.74) is 2.86. The number of phenolic OH excluding ortho intramolecular Hbond substituents is 1. The van der Waals surface area contributed by atoms with Gasteiger partial charge in [0.25, 0.3) is 0 Å². The zero-order chi connectivity index (χ0) is 15.4. The van der Waals surface area contributed by atoms with E-state index < -0.39 is 0 Å². The van der Waals surface area contributed by atoms with Gasteiger partial charge >= 0.3 is 0 Å². The first-order valence-corrected chi connectivity index (χ1v) is 8.05. The molecule has 0 radical (unpaired) electrons. The Morgan fingerprint density at radius 3 is 2.71 bits per heavy atom. The van der Waals surface area contributed by atoms with Gasteiger partial charge in [-0.05, 0) is 48.5 Å². The van der Waals surface area contributed by atoms with E-state index in [1.807, 2.05) is 0 Å². The molecule has 3 rings (SSSR count). The molecular formula is C17H18Cl2O2. The lowest BCUT2D eigenvalue weighted by Gasteiger charge is -2.35. The fraction of sp³-hybridized carbons (Fsp3) is 0.471. The number of halogens is 2. The van der Waals surface area contributed by atoms with Crippen LogP contribution in [-0.2, 0) is 11.2 Å². The summed E-state index contributed by atoms with van der Waals surface area (Å²) in [6, 6.07) is 1.70. The second-order valence-corrected chi connectivity index (χ2v) is 7.39. The largest absolute Gasteiger partial charge is 0.506 e. The summed E-state index contributed by atoms with van der Waals surface area (Å²) >= 11 is 12.5. The number of fused-ring (bicyclic) bond motifs is 3. The molecule has 1 aromatic carbocycles. The minimum absolute atomic E-state index is 0.0192. The Morgan fingerprint density at radius 2 is 2.05 bits per heavy atom. The van der Waals surface area contributed by atoms with Crippen molar-refractivity contribution in [1.82, 2.24) is 0 Å². The van der Waals surface area contributed by atoms with E-state index in [0.717, 1.165) is 36.0 Å². The van der Waals surface area contributed by atoms with E-state index in [0.29, 0.717) is 17.4 Å². The number of carbonyl (C=O) groups excluding carboxylic acids is 1. The zero-order valence-corrected chi connectivity index (χ0v) is 13.7. The third-order valence-electron chi connectivity index (χ3n) is 4.59. The van der Waals surface area contributed by atoms with Crippen LogP contribution in [0.5, 0.6) is 5.75 Å². The van der Waals surface area contributed by atoms with Gasteiger partial charge in [0.2, 0.25) is 0 Å². The van der Waals surface area contributed by atoms with Crippen molar-refractivity contribution < 1.29 is 9.90 Å². The molecule has 0 fully saturated rings. The van der Waals surface area contributed by atoms with Crippen molar-refractivity contribution in [3.05, 3.63) is 33.3 Å². The van der Waals surface area contributed by atoms with Crippen molar-refractivity contribution in [2.24, 2.45) is 11.3 Å². The van der Waals surface area contributed by atoms with Crippen LogP contribution in [0.2, 0.25) is 10.0 Å². The van der Waals surface area contributed by atoms with E-state index >= 15 is 0 Å². The predicted octanol–water partition coefficient (Wildman–Crippen LogP) is 5.03. The van der Waals surface area contributed by atoms with Crippen LogP contribution < -0.4 is 0 Å². The number of ketones is 1. The number of allylic oxidation sites excluding steroid dienone is 2.